The SMILES string of the molecule is OB(O)c1cc(-c2ccccc2)c(F)cc1F. The molecule has 0 heterocycles. The Morgan fingerprint density at radius 2 is 1.53 bits per heavy atom. The van der Waals surface area contributed by atoms with Gasteiger partial charge in [-0.05, 0) is 11.6 Å². The second-order valence-corrected chi connectivity index (χ2v) is 3.59. The van der Waals surface area contributed by atoms with Gasteiger partial charge in [0, 0.05) is 17.1 Å². The minimum absolute atomic E-state index is 0.134. The van der Waals surface area contributed by atoms with E-state index in [0.717, 1.165) is 6.07 Å². The molecule has 0 fully saturated rings. The van der Waals surface area contributed by atoms with Gasteiger partial charge in [0.05, 0.1) is 0 Å². The molecule has 2 rings (SSSR count). The predicted octanol–water partition coefficient (Wildman–Crippen LogP) is 1.31. The van der Waals surface area contributed by atoms with Gasteiger partial charge in [0.25, 0.3) is 0 Å². The van der Waals surface area contributed by atoms with E-state index in [1.807, 2.05) is 0 Å². The van der Waals surface area contributed by atoms with Crippen molar-refractivity contribution in [2.24, 2.45) is 0 Å². The maximum Gasteiger partial charge on any atom is 0.491 e. The normalized spacial score (nSPS) is 10.4. The number of benzene rings is 2. The van der Waals surface area contributed by atoms with Crippen molar-refractivity contribution in [3.63, 3.8) is 0 Å². The molecule has 0 saturated carbocycles. The third-order valence-electron chi connectivity index (χ3n) is 2.45. The highest BCUT2D eigenvalue weighted by Gasteiger charge is 2.19. The van der Waals surface area contributed by atoms with Crippen LogP contribution in [0.3, 0.4) is 0 Å². The van der Waals surface area contributed by atoms with Gasteiger partial charge in [-0.1, -0.05) is 30.3 Å². The van der Waals surface area contributed by atoms with E-state index in [-0.39, 0.29) is 11.0 Å². The Balaban J connectivity index is 2.59. The second kappa shape index (κ2) is 4.65. The van der Waals surface area contributed by atoms with Gasteiger partial charge in [-0.2, -0.15) is 0 Å². The Bertz CT molecular complexity index is 530. The van der Waals surface area contributed by atoms with Crippen molar-refractivity contribution in [2.75, 3.05) is 0 Å². The van der Waals surface area contributed by atoms with Crippen LogP contribution in [0.1, 0.15) is 0 Å². The average Bonchev–Trinajstić information content (AvgIpc) is 2.29. The quantitative estimate of drug-likeness (QED) is 0.769. The van der Waals surface area contributed by atoms with E-state index in [1.54, 1.807) is 30.3 Å². The molecular formula is C12H9BF2O2. The zero-order valence-corrected chi connectivity index (χ0v) is 8.77. The lowest BCUT2D eigenvalue weighted by Gasteiger charge is -2.08. The summed E-state index contributed by atoms with van der Waals surface area (Å²) in [7, 11) is -1.96. The first-order valence-corrected chi connectivity index (χ1v) is 5.00. The fourth-order valence-corrected chi connectivity index (χ4v) is 1.60. The molecule has 0 amide bonds. The van der Waals surface area contributed by atoms with E-state index in [1.165, 1.54) is 0 Å². The van der Waals surface area contributed by atoms with E-state index < -0.39 is 18.8 Å². The highest BCUT2D eigenvalue weighted by Crippen LogP contribution is 2.22. The molecule has 2 aromatic carbocycles. The molecule has 2 aromatic rings. The monoisotopic (exact) mass is 234 g/mol. The van der Waals surface area contributed by atoms with Crippen molar-refractivity contribution in [2.45, 2.75) is 0 Å². The summed E-state index contributed by atoms with van der Waals surface area (Å²) in [4.78, 5) is 0. The summed E-state index contributed by atoms with van der Waals surface area (Å²) in [6, 6.07) is 10.3. The Labute approximate surface area is 97.3 Å². The van der Waals surface area contributed by atoms with Crippen LogP contribution in [0.2, 0.25) is 0 Å². The third-order valence-corrected chi connectivity index (χ3v) is 2.45. The van der Waals surface area contributed by atoms with Gasteiger partial charge in [-0.3, -0.25) is 0 Å². The Morgan fingerprint density at radius 1 is 0.882 bits per heavy atom. The van der Waals surface area contributed by atoms with Gasteiger partial charge in [-0.25, -0.2) is 8.78 Å². The van der Waals surface area contributed by atoms with Gasteiger partial charge < -0.3 is 10.0 Å². The molecule has 0 atom stereocenters. The van der Waals surface area contributed by atoms with E-state index in [4.69, 9.17) is 10.0 Å². The van der Waals surface area contributed by atoms with Crippen LogP contribution < -0.4 is 5.46 Å². The highest BCUT2D eigenvalue weighted by atomic mass is 19.1. The molecule has 0 radical (unpaired) electrons. The molecule has 0 bridgehead atoms. The fourth-order valence-electron chi connectivity index (χ4n) is 1.60. The first-order chi connectivity index (χ1) is 8.09. The zero-order valence-electron chi connectivity index (χ0n) is 8.77. The topological polar surface area (TPSA) is 40.5 Å². The van der Waals surface area contributed by atoms with E-state index in [9.17, 15) is 8.78 Å². The van der Waals surface area contributed by atoms with Crippen molar-refractivity contribution in [3.8, 4) is 11.1 Å². The molecule has 2 nitrogen and oxygen atoms in total. The molecule has 0 aliphatic rings. The molecule has 0 aliphatic carbocycles. The maximum atomic E-state index is 13.6. The van der Waals surface area contributed by atoms with Gasteiger partial charge in [0.15, 0.2) is 0 Å². The van der Waals surface area contributed by atoms with E-state index in [0.29, 0.717) is 11.6 Å². The second-order valence-electron chi connectivity index (χ2n) is 3.59. The van der Waals surface area contributed by atoms with Crippen LogP contribution in [0.5, 0.6) is 0 Å². The van der Waals surface area contributed by atoms with Crippen molar-refractivity contribution >= 4 is 12.6 Å². The smallest absolute Gasteiger partial charge is 0.423 e. The van der Waals surface area contributed by atoms with E-state index >= 15 is 0 Å². The number of halogens is 2. The summed E-state index contributed by atoms with van der Waals surface area (Å²) >= 11 is 0. The fraction of sp³-hybridized carbons (Fsp3) is 0. The molecule has 0 saturated heterocycles. The summed E-state index contributed by atoms with van der Waals surface area (Å²) in [5.74, 6) is -1.71. The largest absolute Gasteiger partial charge is 0.491 e. The summed E-state index contributed by atoms with van der Waals surface area (Å²) in [5.41, 5.74) is 0.340. The summed E-state index contributed by atoms with van der Waals surface area (Å²) in [6.07, 6.45) is 0. The summed E-state index contributed by atoms with van der Waals surface area (Å²) in [6.45, 7) is 0. The van der Waals surface area contributed by atoms with Gasteiger partial charge in [0.1, 0.15) is 11.6 Å². The van der Waals surface area contributed by atoms with Crippen LogP contribution in [0, 0.1) is 11.6 Å². The zero-order chi connectivity index (χ0) is 12.4. The first kappa shape index (κ1) is 11.8. The van der Waals surface area contributed by atoms with Crippen molar-refractivity contribution < 1.29 is 18.8 Å². The van der Waals surface area contributed by atoms with Crippen LogP contribution in [0.25, 0.3) is 11.1 Å². The molecular weight excluding hydrogens is 225 g/mol. The Hall–Kier alpha value is -1.72. The summed E-state index contributed by atoms with van der Waals surface area (Å²) in [5, 5.41) is 17.9. The molecule has 0 unspecified atom stereocenters. The maximum absolute atomic E-state index is 13.6. The minimum Gasteiger partial charge on any atom is -0.423 e. The van der Waals surface area contributed by atoms with Gasteiger partial charge in [0.2, 0.25) is 0 Å². The first-order valence-electron chi connectivity index (χ1n) is 5.00. The van der Waals surface area contributed by atoms with Crippen LogP contribution in [-0.2, 0) is 0 Å². The van der Waals surface area contributed by atoms with Gasteiger partial charge in [-0.15, -0.1) is 0 Å². The molecule has 0 aromatic heterocycles. The predicted molar refractivity (Wildman–Crippen MR) is 61.6 cm³/mol. The van der Waals surface area contributed by atoms with Crippen molar-refractivity contribution in [1.82, 2.24) is 0 Å². The molecule has 0 aliphatic heterocycles. The molecule has 86 valence electrons. The number of hydrogen-bond acceptors (Lipinski definition) is 2. The Kier molecular flexibility index (Phi) is 3.22. The van der Waals surface area contributed by atoms with Crippen LogP contribution in [0.15, 0.2) is 42.5 Å². The Morgan fingerprint density at radius 3 is 2.12 bits per heavy atom. The van der Waals surface area contributed by atoms with E-state index in [2.05, 4.69) is 0 Å². The lowest BCUT2D eigenvalue weighted by molar-refractivity contribution is 0.422. The average molecular weight is 234 g/mol. The molecule has 5 heteroatoms. The van der Waals surface area contributed by atoms with Crippen molar-refractivity contribution in [1.29, 1.82) is 0 Å². The minimum atomic E-state index is -1.96. The highest BCUT2D eigenvalue weighted by molar-refractivity contribution is 6.58. The standard InChI is InChI=1S/C12H9BF2O2/c14-11-7-12(15)10(13(16)17)6-9(11)8-4-2-1-3-5-8/h1-7,16-17H. The molecule has 0 spiro atoms. The number of hydrogen-bond donors (Lipinski definition) is 2. The van der Waals surface area contributed by atoms with Gasteiger partial charge >= 0.3 is 7.12 Å². The lowest BCUT2D eigenvalue weighted by Crippen LogP contribution is -2.33. The third kappa shape index (κ3) is 2.35. The lowest BCUT2D eigenvalue weighted by atomic mass is 9.78. The van der Waals surface area contributed by atoms with Crippen molar-refractivity contribution in [3.05, 3.63) is 54.1 Å². The number of rotatable bonds is 2. The molecule has 17 heavy (non-hydrogen) atoms. The molecule has 2 N–H and O–H groups in total. The van der Waals surface area contributed by atoms with Crippen LogP contribution in [0.4, 0.5) is 8.78 Å². The van der Waals surface area contributed by atoms with Crippen LogP contribution in [-0.4, -0.2) is 17.2 Å². The van der Waals surface area contributed by atoms with Crippen LogP contribution >= 0.6 is 0 Å². The summed E-state index contributed by atoms with van der Waals surface area (Å²) < 4.78 is 26.8.